The average Bonchev–Trinajstić information content (AvgIpc) is 3.37. The number of carbonyl (C=O) groups is 2. The Morgan fingerprint density at radius 3 is 2.48 bits per heavy atom. The van der Waals surface area contributed by atoms with E-state index in [-0.39, 0.29) is 17.5 Å². The van der Waals surface area contributed by atoms with Crippen LogP contribution in [0.2, 0.25) is 0 Å². The number of hydrogen-bond donors (Lipinski definition) is 2. The molecule has 8 heteroatoms. The van der Waals surface area contributed by atoms with Crippen molar-refractivity contribution in [3.8, 4) is 0 Å². The maximum absolute atomic E-state index is 14.1. The topological polar surface area (TPSA) is 78.7 Å². The molecule has 0 radical (unpaired) electrons. The number of anilines is 1. The summed E-state index contributed by atoms with van der Waals surface area (Å²) in [6.45, 7) is 4.41. The molecule has 0 aromatic heterocycles. The fraction of sp³-hybridized carbons (Fsp3) is 0.529. The number of nitrogens with one attached hydrogen (secondary N) is 1. The molecular formula is C17H22BrFN4O2. The van der Waals surface area contributed by atoms with Crippen molar-refractivity contribution in [1.29, 1.82) is 0 Å². The number of benzene rings is 1. The number of nitrogens with two attached hydrogens (primary N) is 1. The van der Waals surface area contributed by atoms with E-state index in [0.717, 1.165) is 12.8 Å². The number of rotatable bonds is 5. The highest BCUT2D eigenvalue weighted by Crippen LogP contribution is 2.29. The van der Waals surface area contributed by atoms with Gasteiger partial charge in [0.05, 0.1) is 17.3 Å². The summed E-state index contributed by atoms with van der Waals surface area (Å²) >= 11 is 3.26. The lowest BCUT2D eigenvalue weighted by molar-refractivity contribution is -0.126. The van der Waals surface area contributed by atoms with Gasteiger partial charge in [-0.25, -0.2) is 4.39 Å². The summed E-state index contributed by atoms with van der Waals surface area (Å²) in [5, 5.41) is 3.02. The molecule has 6 nitrogen and oxygen atoms in total. The van der Waals surface area contributed by atoms with E-state index in [2.05, 4.69) is 26.1 Å². The Bertz CT molecular complexity index is 687. The molecule has 2 aliphatic rings. The molecule has 1 aromatic carbocycles. The summed E-state index contributed by atoms with van der Waals surface area (Å²) in [6.07, 6.45) is 2.13. The molecule has 0 spiro atoms. The number of halogens is 2. The van der Waals surface area contributed by atoms with E-state index in [9.17, 15) is 14.0 Å². The van der Waals surface area contributed by atoms with Crippen molar-refractivity contribution in [2.24, 2.45) is 5.73 Å². The van der Waals surface area contributed by atoms with E-state index >= 15 is 0 Å². The molecule has 1 atom stereocenters. The molecule has 25 heavy (non-hydrogen) atoms. The molecule has 1 unspecified atom stereocenters. The highest BCUT2D eigenvalue weighted by molar-refractivity contribution is 9.10. The Morgan fingerprint density at radius 2 is 1.92 bits per heavy atom. The van der Waals surface area contributed by atoms with Crippen molar-refractivity contribution in [2.45, 2.75) is 31.8 Å². The van der Waals surface area contributed by atoms with Crippen LogP contribution in [0.1, 0.15) is 30.1 Å². The van der Waals surface area contributed by atoms with E-state index in [1.165, 1.54) is 6.07 Å². The third-order valence-corrected chi connectivity index (χ3v) is 5.24. The van der Waals surface area contributed by atoms with E-state index < -0.39 is 11.7 Å². The van der Waals surface area contributed by atoms with Gasteiger partial charge in [-0.1, -0.05) is 15.9 Å². The van der Waals surface area contributed by atoms with Crippen LogP contribution in [0.3, 0.4) is 0 Å². The first-order chi connectivity index (χ1) is 11.9. The Labute approximate surface area is 154 Å². The maximum Gasteiger partial charge on any atom is 0.253 e. The molecule has 0 bridgehead atoms. The zero-order chi connectivity index (χ0) is 18.1. The molecule has 1 heterocycles. The summed E-state index contributed by atoms with van der Waals surface area (Å²) in [5.74, 6) is -1.35. The third-order valence-electron chi connectivity index (χ3n) is 4.79. The maximum atomic E-state index is 14.1. The van der Waals surface area contributed by atoms with Gasteiger partial charge >= 0.3 is 0 Å². The van der Waals surface area contributed by atoms with Gasteiger partial charge < -0.3 is 16.0 Å². The van der Waals surface area contributed by atoms with Gasteiger partial charge in [0, 0.05) is 36.7 Å². The number of hydrogen-bond acceptors (Lipinski definition) is 4. The van der Waals surface area contributed by atoms with Crippen LogP contribution in [0.5, 0.6) is 0 Å². The van der Waals surface area contributed by atoms with Gasteiger partial charge in [-0.2, -0.15) is 0 Å². The van der Waals surface area contributed by atoms with Crippen molar-refractivity contribution in [2.75, 3.05) is 31.1 Å². The molecule has 136 valence electrons. The van der Waals surface area contributed by atoms with Crippen molar-refractivity contribution in [3.05, 3.63) is 28.0 Å². The number of amides is 2. The fourth-order valence-electron chi connectivity index (χ4n) is 3.12. The molecule has 1 aliphatic carbocycles. The number of primary amides is 1. The minimum atomic E-state index is -0.778. The Balaban J connectivity index is 1.68. The summed E-state index contributed by atoms with van der Waals surface area (Å²) in [7, 11) is 0. The largest absolute Gasteiger partial charge is 0.368 e. The number of piperazine rings is 1. The van der Waals surface area contributed by atoms with Crippen molar-refractivity contribution in [1.82, 2.24) is 10.2 Å². The highest BCUT2D eigenvalue weighted by Gasteiger charge is 2.31. The van der Waals surface area contributed by atoms with E-state index in [1.54, 1.807) is 6.07 Å². The lowest BCUT2D eigenvalue weighted by Crippen LogP contribution is -2.54. The first-order valence-corrected chi connectivity index (χ1v) is 9.24. The zero-order valence-corrected chi connectivity index (χ0v) is 15.7. The Kier molecular flexibility index (Phi) is 5.29. The van der Waals surface area contributed by atoms with Gasteiger partial charge in [0.2, 0.25) is 5.91 Å². The zero-order valence-electron chi connectivity index (χ0n) is 14.1. The van der Waals surface area contributed by atoms with Crippen LogP contribution in [0, 0.1) is 5.82 Å². The van der Waals surface area contributed by atoms with Gasteiger partial charge in [0.1, 0.15) is 5.82 Å². The van der Waals surface area contributed by atoms with Crippen LogP contribution in [0.15, 0.2) is 16.6 Å². The second-order valence-electron chi connectivity index (χ2n) is 6.63. The predicted molar refractivity (Wildman–Crippen MR) is 97.0 cm³/mol. The molecule has 1 saturated heterocycles. The minimum absolute atomic E-state index is 0.0577. The second-order valence-corrected chi connectivity index (χ2v) is 7.54. The molecule has 3 N–H and O–H groups in total. The Morgan fingerprint density at radius 1 is 1.28 bits per heavy atom. The molecule has 1 saturated carbocycles. The fourth-order valence-corrected chi connectivity index (χ4v) is 3.54. The summed E-state index contributed by atoms with van der Waals surface area (Å²) < 4.78 is 14.7. The molecule has 2 amide bonds. The van der Waals surface area contributed by atoms with Gasteiger partial charge in [0.15, 0.2) is 0 Å². The number of carbonyl (C=O) groups excluding carboxylic acids is 2. The van der Waals surface area contributed by atoms with Crippen LogP contribution in [-0.4, -0.2) is 55.0 Å². The standard InChI is InChI=1S/C17H22BrFN4O2/c1-10(17(25)21-12-2-3-12)22-4-6-23(7-5-22)14-9-11(18)8-13(19)15(14)16(20)24/h8-10,12H,2-7H2,1H3,(H2,20,24)(H,21,25). The summed E-state index contributed by atoms with van der Waals surface area (Å²) in [4.78, 5) is 27.9. The van der Waals surface area contributed by atoms with Crippen LogP contribution in [0.25, 0.3) is 0 Å². The van der Waals surface area contributed by atoms with Crippen molar-refractivity contribution >= 4 is 33.4 Å². The quantitative estimate of drug-likeness (QED) is 0.767. The SMILES string of the molecule is CC(C(=O)NC1CC1)N1CCN(c2cc(Br)cc(F)c2C(N)=O)CC1. The summed E-state index contributed by atoms with van der Waals surface area (Å²) in [5.41, 5.74) is 5.76. The lowest BCUT2D eigenvalue weighted by atomic mass is 10.1. The van der Waals surface area contributed by atoms with Gasteiger partial charge in [-0.3, -0.25) is 14.5 Å². The lowest BCUT2D eigenvalue weighted by Gasteiger charge is -2.39. The van der Waals surface area contributed by atoms with Gasteiger partial charge in [-0.15, -0.1) is 0 Å². The average molecular weight is 413 g/mol. The highest BCUT2D eigenvalue weighted by atomic mass is 79.9. The van der Waals surface area contributed by atoms with Crippen LogP contribution in [-0.2, 0) is 4.79 Å². The van der Waals surface area contributed by atoms with Gasteiger partial charge in [-0.05, 0) is 31.9 Å². The van der Waals surface area contributed by atoms with E-state index in [4.69, 9.17) is 5.73 Å². The van der Waals surface area contributed by atoms with Crippen molar-refractivity contribution in [3.63, 3.8) is 0 Å². The van der Waals surface area contributed by atoms with Crippen molar-refractivity contribution < 1.29 is 14.0 Å². The van der Waals surface area contributed by atoms with Crippen LogP contribution < -0.4 is 16.0 Å². The Hall–Kier alpha value is -1.67. The molecule has 3 rings (SSSR count). The normalized spacial score (nSPS) is 19.6. The molecule has 2 fully saturated rings. The smallest absolute Gasteiger partial charge is 0.253 e. The first kappa shape index (κ1) is 18.1. The molecule has 1 aliphatic heterocycles. The third kappa shape index (κ3) is 4.12. The predicted octanol–water partition coefficient (Wildman–Crippen LogP) is 1.48. The monoisotopic (exact) mass is 412 g/mol. The summed E-state index contributed by atoms with van der Waals surface area (Å²) in [6, 6.07) is 3.10. The van der Waals surface area contributed by atoms with E-state index in [1.807, 2.05) is 11.8 Å². The first-order valence-electron chi connectivity index (χ1n) is 8.45. The minimum Gasteiger partial charge on any atom is -0.368 e. The molecule has 1 aromatic rings. The number of nitrogens with zero attached hydrogens (tertiary/aromatic N) is 2. The van der Waals surface area contributed by atoms with E-state index in [0.29, 0.717) is 42.4 Å². The van der Waals surface area contributed by atoms with Crippen LogP contribution in [0.4, 0.5) is 10.1 Å². The van der Waals surface area contributed by atoms with Gasteiger partial charge in [0.25, 0.3) is 5.91 Å². The molecular weight excluding hydrogens is 391 g/mol. The second kappa shape index (κ2) is 7.29. The van der Waals surface area contributed by atoms with Crippen LogP contribution >= 0.6 is 15.9 Å².